The van der Waals surface area contributed by atoms with E-state index in [0.29, 0.717) is 5.69 Å². The van der Waals surface area contributed by atoms with Gasteiger partial charge in [-0.25, -0.2) is 0 Å². The van der Waals surface area contributed by atoms with Crippen LogP contribution in [0.25, 0.3) is 0 Å². The van der Waals surface area contributed by atoms with Crippen LogP contribution in [0.1, 0.15) is 12.0 Å². The molecule has 2 rings (SSSR count). The lowest BCUT2D eigenvalue weighted by atomic mass is 10.1. The first kappa shape index (κ1) is 14.0. The van der Waals surface area contributed by atoms with Crippen LogP contribution in [-0.4, -0.2) is 36.5 Å². The van der Waals surface area contributed by atoms with E-state index in [1.54, 1.807) is 31.3 Å². The Balaban J connectivity index is 2.17. The van der Waals surface area contributed by atoms with E-state index < -0.39 is 11.9 Å². The summed E-state index contributed by atoms with van der Waals surface area (Å²) in [6.07, 6.45) is 0.254. The fourth-order valence-electron chi connectivity index (χ4n) is 2.23. The Morgan fingerprint density at radius 1 is 1.45 bits per heavy atom. The number of carboxylic acid groups (broad SMARTS) is 1. The third kappa shape index (κ3) is 2.96. The zero-order valence-electron chi connectivity index (χ0n) is 11.1. The summed E-state index contributed by atoms with van der Waals surface area (Å²) in [7, 11) is 1.56. The number of aliphatic carboxylic acids is 1. The van der Waals surface area contributed by atoms with Crippen LogP contribution < -0.4 is 10.2 Å². The van der Waals surface area contributed by atoms with Crippen molar-refractivity contribution >= 4 is 23.5 Å². The molecule has 1 heterocycles. The smallest absolute Gasteiger partial charge is 0.308 e. The highest BCUT2D eigenvalue weighted by Crippen LogP contribution is 2.26. The summed E-state index contributed by atoms with van der Waals surface area (Å²) in [6, 6.07) is 7.05. The summed E-state index contributed by atoms with van der Waals surface area (Å²) in [5, 5.41) is 11.5. The minimum absolute atomic E-state index is 0.0228. The first-order chi connectivity index (χ1) is 9.51. The molecule has 1 fully saturated rings. The van der Waals surface area contributed by atoms with Crippen LogP contribution in [0.15, 0.2) is 24.3 Å². The number of nitrogens with zero attached hydrogens (tertiary/aromatic N) is 1. The van der Waals surface area contributed by atoms with Crippen LogP contribution in [0.2, 0.25) is 0 Å². The van der Waals surface area contributed by atoms with Gasteiger partial charge in [-0.1, -0.05) is 12.1 Å². The number of hydrogen-bond donors (Lipinski definition) is 2. The summed E-state index contributed by atoms with van der Waals surface area (Å²) in [5.41, 5.74) is 1.42. The van der Waals surface area contributed by atoms with Gasteiger partial charge in [0.05, 0.1) is 12.3 Å². The van der Waals surface area contributed by atoms with E-state index in [2.05, 4.69) is 5.32 Å². The van der Waals surface area contributed by atoms with Gasteiger partial charge in [-0.05, 0) is 17.7 Å². The lowest BCUT2D eigenvalue weighted by Crippen LogP contribution is -2.26. The Bertz CT molecular complexity index is 556. The van der Waals surface area contributed by atoms with E-state index in [1.165, 1.54) is 4.90 Å². The largest absolute Gasteiger partial charge is 0.481 e. The Labute approximate surface area is 116 Å². The summed E-state index contributed by atoms with van der Waals surface area (Å²) in [5.74, 6) is -1.93. The summed E-state index contributed by atoms with van der Waals surface area (Å²) >= 11 is 0. The van der Waals surface area contributed by atoms with Gasteiger partial charge in [0.1, 0.15) is 0 Å². The molecule has 6 heteroatoms. The van der Waals surface area contributed by atoms with Gasteiger partial charge in [0.15, 0.2) is 0 Å². The van der Waals surface area contributed by atoms with Crippen LogP contribution in [0.4, 0.5) is 5.69 Å². The van der Waals surface area contributed by atoms with Gasteiger partial charge >= 0.3 is 5.97 Å². The molecule has 6 nitrogen and oxygen atoms in total. The number of nitrogens with one attached hydrogen (secondary N) is 1. The number of carbonyl (C=O) groups is 3. The molecule has 106 valence electrons. The number of benzene rings is 1. The molecule has 0 radical (unpaired) electrons. The highest BCUT2D eigenvalue weighted by Gasteiger charge is 2.35. The lowest BCUT2D eigenvalue weighted by molar-refractivity contribution is -0.141. The molecule has 1 aliphatic rings. The molecule has 0 spiro atoms. The summed E-state index contributed by atoms with van der Waals surface area (Å²) < 4.78 is 0. The van der Waals surface area contributed by atoms with Crippen LogP contribution in [-0.2, 0) is 20.8 Å². The molecule has 2 N–H and O–H groups in total. The molecule has 0 bridgehead atoms. The Morgan fingerprint density at radius 3 is 2.80 bits per heavy atom. The predicted octanol–water partition coefficient (Wildman–Crippen LogP) is 0.413. The fraction of sp³-hybridized carbons (Fsp3) is 0.357. The topological polar surface area (TPSA) is 86.7 Å². The lowest BCUT2D eigenvalue weighted by Gasteiger charge is -2.17. The van der Waals surface area contributed by atoms with Crippen molar-refractivity contribution in [3.63, 3.8) is 0 Å². The SMILES string of the molecule is CNC(=O)Cc1cccc(N2CC(C(=O)O)CC2=O)c1. The Hall–Kier alpha value is -2.37. The number of hydrogen-bond acceptors (Lipinski definition) is 3. The maximum Gasteiger partial charge on any atom is 0.308 e. The van der Waals surface area contributed by atoms with Crippen molar-refractivity contribution in [2.75, 3.05) is 18.5 Å². The average molecular weight is 276 g/mol. The van der Waals surface area contributed by atoms with Crippen LogP contribution in [0, 0.1) is 5.92 Å². The quantitative estimate of drug-likeness (QED) is 0.834. The van der Waals surface area contributed by atoms with Crippen molar-refractivity contribution in [3.8, 4) is 0 Å². The first-order valence-electron chi connectivity index (χ1n) is 6.34. The number of rotatable bonds is 4. The second kappa shape index (κ2) is 5.73. The molecular formula is C14H16N2O4. The van der Waals surface area contributed by atoms with Gasteiger partial charge in [0.2, 0.25) is 11.8 Å². The third-order valence-electron chi connectivity index (χ3n) is 3.34. The number of carboxylic acids is 1. The molecule has 1 aromatic rings. The highest BCUT2D eigenvalue weighted by molar-refractivity contribution is 5.99. The van der Waals surface area contributed by atoms with Crippen LogP contribution >= 0.6 is 0 Å². The van der Waals surface area contributed by atoms with Crippen molar-refractivity contribution in [2.24, 2.45) is 5.92 Å². The summed E-state index contributed by atoms with van der Waals surface area (Å²) in [6.45, 7) is 0.178. The molecule has 0 saturated carbocycles. The summed E-state index contributed by atoms with van der Waals surface area (Å²) in [4.78, 5) is 35.6. The highest BCUT2D eigenvalue weighted by atomic mass is 16.4. The molecule has 2 amide bonds. The van der Waals surface area contributed by atoms with Crippen LogP contribution in [0.3, 0.4) is 0 Å². The van der Waals surface area contributed by atoms with Gasteiger partial charge in [-0.15, -0.1) is 0 Å². The number of amides is 2. The van der Waals surface area contributed by atoms with Crippen molar-refractivity contribution in [3.05, 3.63) is 29.8 Å². The van der Waals surface area contributed by atoms with Crippen molar-refractivity contribution in [1.82, 2.24) is 5.32 Å². The Morgan fingerprint density at radius 2 is 2.20 bits per heavy atom. The molecule has 0 aromatic heterocycles. The van der Waals surface area contributed by atoms with Crippen molar-refractivity contribution in [2.45, 2.75) is 12.8 Å². The minimum Gasteiger partial charge on any atom is -0.481 e. The zero-order valence-corrected chi connectivity index (χ0v) is 11.1. The monoisotopic (exact) mass is 276 g/mol. The molecule has 0 aliphatic carbocycles. The number of anilines is 1. The van der Waals surface area contributed by atoms with Crippen molar-refractivity contribution in [1.29, 1.82) is 0 Å². The first-order valence-corrected chi connectivity index (χ1v) is 6.34. The Kier molecular flexibility index (Phi) is 4.02. The standard InChI is InChI=1S/C14H16N2O4/c1-15-12(17)6-9-3-2-4-11(5-9)16-8-10(14(19)20)7-13(16)18/h2-5,10H,6-8H2,1H3,(H,15,17)(H,19,20). The van der Waals surface area contributed by atoms with E-state index in [4.69, 9.17) is 5.11 Å². The molecular weight excluding hydrogens is 260 g/mol. The number of carbonyl (C=O) groups excluding carboxylic acids is 2. The van der Waals surface area contributed by atoms with Gasteiger partial charge < -0.3 is 15.3 Å². The van der Waals surface area contributed by atoms with E-state index >= 15 is 0 Å². The molecule has 1 saturated heterocycles. The van der Waals surface area contributed by atoms with Gasteiger partial charge in [0.25, 0.3) is 0 Å². The second-order valence-corrected chi connectivity index (χ2v) is 4.76. The van der Waals surface area contributed by atoms with E-state index in [0.717, 1.165) is 5.56 Å². The van der Waals surface area contributed by atoms with E-state index in [-0.39, 0.29) is 31.2 Å². The van der Waals surface area contributed by atoms with Gasteiger partial charge in [-0.3, -0.25) is 14.4 Å². The maximum absolute atomic E-state index is 11.9. The predicted molar refractivity (Wildman–Crippen MR) is 72.3 cm³/mol. The van der Waals surface area contributed by atoms with Crippen LogP contribution in [0.5, 0.6) is 0 Å². The molecule has 1 aromatic carbocycles. The maximum atomic E-state index is 11.9. The number of likely N-dealkylation sites (N-methyl/N-ethyl adjacent to an activating group) is 1. The second-order valence-electron chi connectivity index (χ2n) is 4.76. The van der Waals surface area contributed by atoms with E-state index in [9.17, 15) is 14.4 Å². The molecule has 20 heavy (non-hydrogen) atoms. The van der Waals surface area contributed by atoms with Crippen molar-refractivity contribution < 1.29 is 19.5 Å². The molecule has 1 atom stereocenters. The molecule has 1 aliphatic heterocycles. The normalized spacial score (nSPS) is 18.1. The third-order valence-corrected chi connectivity index (χ3v) is 3.34. The van der Waals surface area contributed by atoms with Gasteiger partial charge in [0, 0.05) is 25.7 Å². The minimum atomic E-state index is -0.956. The van der Waals surface area contributed by atoms with E-state index in [1.807, 2.05) is 0 Å². The molecule has 1 unspecified atom stereocenters. The average Bonchev–Trinajstić information content (AvgIpc) is 2.81. The fourth-order valence-corrected chi connectivity index (χ4v) is 2.23. The zero-order chi connectivity index (χ0) is 14.7. The van der Waals surface area contributed by atoms with Gasteiger partial charge in [-0.2, -0.15) is 0 Å².